The zero-order chi connectivity index (χ0) is 54.3. The summed E-state index contributed by atoms with van der Waals surface area (Å²) in [5, 5.41) is 0. The minimum absolute atomic E-state index is 0.0789. The van der Waals surface area contributed by atoms with Gasteiger partial charge in [-0.1, -0.05) is 286 Å². The molecule has 0 aromatic carbocycles. The standard InChI is InChI=1S/C69H120O6/c1-4-7-10-13-16-18-20-22-24-26-28-30-31-32-33-34-35-36-37-39-40-42-44-46-48-50-53-56-59-62-68(71)74-65-66(64-73-67(70)61-58-55-52-15-12-9-6-3)75-69(72)63-60-57-54-51-49-47-45-43-41-38-29-27-25-23-21-19-17-14-11-8-5-2/h7,10,16,18,21-24,27-30,41,43,66H,4-6,8-9,11-15,17,19-20,25-26,31-40,42,44-65H2,1-3H3/b10-7-,18-16-,23-21-,24-22-,29-27-,30-28-,43-41-. The van der Waals surface area contributed by atoms with E-state index in [0.29, 0.717) is 19.3 Å². The molecule has 0 spiro atoms. The topological polar surface area (TPSA) is 78.9 Å². The second kappa shape index (κ2) is 63.1. The molecular weight excluding hydrogens is 925 g/mol. The van der Waals surface area contributed by atoms with E-state index >= 15 is 0 Å². The summed E-state index contributed by atoms with van der Waals surface area (Å²) in [6, 6.07) is 0. The molecule has 0 N–H and O–H groups in total. The van der Waals surface area contributed by atoms with E-state index in [1.54, 1.807) is 0 Å². The van der Waals surface area contributed by atoms with Gasteiger partial charge < -0.3 is 14.2 Å². The van der Waals surface area contributed by atoms with Gasteiger partial charge in [-0.15, -0.1) is 0 Å². The number of ether oxygens (including phenoxy) is 3. The molecule has 0 bridgehead atoms. The lowest BCUT2D eigenvalue weighted by Crippen LogP contribution is -2.30. The van der Waals surface area contributed by atoms with Gasteiger partial charge in [-0.2, -0.15) is 0 Å². The van der Waals surface area contributed by atoms with Crippen LogP contribution in [0.5, 0.6) is 0 Å². The predicted octanol–water partition coefficient (Wildman–Crippen LogP) is 21.9. The molecule has 0 aromatic heterocycles. The fraction of sp³-hybridized carbons (Fsp3) is 0.754. The maximum Gasteiger partial charge on any atom is 0.306 e. The molecule has 0 heterocycles. The minimum Gasteiger partial charge on any atom is -0.462 e. The first kappa shape index (κ1) is 71.6. The molecule has 75 heavy (non-hydrogen) atoms. The maximum absolute atomic E-state index is 12.9. The van der Waals surface area contributed by atoms with Gasteiger partial charge in [0.2, 0.25) is 0 Å². The Hall–Kier alpha value is -3.41. The molecule has 0 rings (SSSR count). The summed E-state index contributed by atoms with van der Waals surface area (Å²) in [4.78, 5) is 38.1. The average molecular weight is 1050 g/mol. The van der Waals surface area contributed by atoms with Crippen LogP contribution in [-0.2, 0) is 28.6 Å². The highest BCUT2D eigenvalue weighted by Gasteiger charge is 2.19. The van der Waals surface area contributed by atoms with Crippen LogP contribution in [0.4, 0.5) is 0 Å². The Kier molecular flexibility index (Phi) is 60.3. The Morgan fingerprint density at radius 1 is 0.280 bits per heavy atom. The Bertz CT molecular complexity index is 1430. The third kappa shape index (κ3) is 61.3. The molecule has 0 radical (unpaired) electrons. The van der Waals surface area contributed by atoms with Crippen molar-refractivity contribution in [3.05, 3.63) is 85.1 Å². The third-order valence-corrected chi connectivity index (χ3v) is 13.9. The summed E-state index contributed by atoms with van der Waals surface area (Å²) in [5.41, 5.74) is 0. The Morgan fingerprint density at radius 3 is 0.813 bits per heavy atom. The Morgan fingerprint density at radius 2 is 0.520 bits per heavy atom. The lowest BCUT2D eigenvalue weighted by Gasteiger charge is -2.18. The van der Waals surface area contributed by atoms with E-state index in [0.717, 1.165) is 109 Å². The number of carbonyl (C=O) groups excluding carboxylic acids is 3. The normalized spacial score (nSPS) is 12.6. The molecule has 0 aromatic rings. The minimum atomic E-state index is -0.780. The zero-order valence-electron chi connectivity index (χ0n) is 49.6. The van der Waals surface area contributed by atoms with E-state index in [1.165, 1.54) is 167 Å². The largest absolute Gasteiger partial charge is 0.462 e. The lowest BCUT2D eigenvalue weighted by atomic mass is 10.0. The second-order valence-corrected chi connectivity index (χ2v) is 21.3. The van der Waals surface area contributed by atoms with Gasteiger partial charge >= 0.3 is 17.9 Å². The second-order valence-electron chi connectivity index (χ2n) is 21.3. The molecule has 0 amide bonds. The van der Waals surface area contributed by atoms with Crippen molar-refractivity contribution < 1.29 is 28.6 Å². The van der Waals surface area contributed by atoms with E-state index in [2.05, 4.69) is 106 Å². The molecule has 0 fully saturated rings. The van der Waals surface area contributed by atoms with Gasteiger partial charge in [0.25, 0.3) is 0 Å². The smallest absolute Gasteiger partial charge is 0.306 e. The highest BCUT2D eigenvalue weighted by Crippen LogP contribution is 2.16. The van der Waals surface area contributed by atoms with Crippen LogP contribution >= 0.6 is 0 Å². The van der Waals surface area contributed by atoms with Crippen LogP contribution in [0.3, 0.4) is 0 Å². The van der Waals surface area contributed by atoms with Crippen LogP contribution in [0.2, 0.25) is 0 Å². The number of allylic oxidation sites excluding steroid dienone is 14. The molecule has 1 unspecified atom stereocenters. The van der Waals surface area contributed by atoms with Crippen molar-refractivity contribution in [3.63, 3.8) is 0 Å². The first-order valence-corrected chi connectivity index (χ1v) is 32.1. The highest BCUT2D eigenvalue weighted by molar-refractivity contribution is 5.71. The van der Waals surface area contributed by atoms with E-state index in [1.807, 2.05) is 0 Å². The van der Waals surface area contributed by atoms with Gasteiger partial charge in [-0.05, 0) is 96.3 Å². The zero-order valence-corrected chi connectivity index (χ0v) is 49.6. The van der Waals surface area contributed by atoms with E-state index < -0.39 is 6.10 Å². The first-order chi connectivity index (χ1) is 37.0. The molecule has 0 aliphatic rings. The average Bonchev–Trinajstić information content (AvgIpc) is 3.41. The summed E-state index contributed by atoms with van der Waals surface area (Å²) in [6.07, 6.45) is 83.3. The number of unbranched alkanes of at least 4 members (excludes halogenated alkanes) is 33. The van der Waals surface area contributed by atoms with Gasteiger partial charge in [0.1, 0.15) is 13.2 Å². The summed E-state index contributed by atoms with van der Waals surface area (Å²) >= 11 is 0. The molecular formula is C69H120O6. The fourth-order valence-corrected chi connectivity index (χ4v) is 9.09. The highest BCUT2D eigenvalue weighted by atomic mass is 16.6. The fourth-order valence-electron chi connectivity index (χ4n) is 9.09. The summed E-state index contributed by atoms with van der Waals surface area (Å²) < 4.78 is 16.8. The van der Waals surface area contributed by atoms with Crippen molar-refractivity contribution in [3.8, 4) is 0 Å². The molecule has 0 saturated carbocycles. The summed E-state index contributed by atoms with van der Waals surface area (Å²) in [7, 11) is 0. The monoisotopic (exact) mass is 1040 g/mol. The molecule has 6 nitrogen and oxygen atoms in total. The van der Waals surface area contributed by atoms with Gasteiger partial charge in [0.15, 0.2) is 6.10 Å². The summed E-state index contributed by atoms with van der Waals surface area (Å²) in [6.45, 7) is 6.49. The molecule has 432 valence electrons. The van der Waals surface area contributed by atoms with Crippen molar-refractivity contribution >= 4 is 17.9 Å². The van der Waals surface area contributed by atoms with Crippen LogP contribution in [0.15, 0.2) is 85.1 Å². The van der Waals surface area contributed by atoms with Gasteiger partial charge in [-0.25, -0.2) is 0 Å². The van der Waals surface area contributed by atoms with Crippen molar-refractivity contribution in [2.45, 2.75) is 322 Å². The predicted molar refractivity (Wildman–Crippen MR) is 325 cm³/mol. The van der Waals surface area contributed by atoms with E-state index in [-0.39, 0.29) is 31.1 Å². The van der Waals surface area contributed by atoms with Crippen LogP contribution < -0.4 is 0 Å². The van der Waals surface area contributed by atoms with Gasteiger partial charge in [-0.3, -0.25) is 14.4 Å². The SMILES string of the molecule is CC/C=C\C/C=C\C/C=C\C/C=C\CCCCCCCCCCCCCCCCCCC(=O)OCC(COC(=O)CCCCCCCCC)OC(=O)CCCCCCCC/C=C\C/C=C\C/C=C\CCCCCCC. The third-order valence-electron chi connectivity index (χ3n) is 13.9. The number of esters is 3. The van der Waals surface area contributed by atoms with E-state index in [9.17, 15) is 14.4 Å². The van der Waals surface area contributed by atoms with Crippen LogP contribution in [0, 0.1) is 0 Å². The first-order valence-electron chi connectivity index (χ1n) is 32.1. The number of hydrogen-bond donors (Lipinski definition) is 0. The Balaban J connectivity index is 4.11. The van der Waals surface area contributed by atoms with Crippen molar-refractivity contribution in [1.29, 1.82) is 0 Å². The van der Waals surface area contributed by atoms with Crippen LogP contribution in [-0.4, -0.2) is 37.2 Å². The molecule has 0 aliphatic carbocycles. The van der Waals surface area contributed by atoms with Crippen molar-refractivity contribution in [1.82, 2.24) is 0 Å². The number of carbonyl (C=O) groups is 3. The van der Waals surface area contributed by atoms with Crippen molar-refractivity contribution in [2.75, 3.05) is 13.2 Å². The molecule has 0 aliphatic heterocycles. The van der Waals surface area contributed by atoms with Crippen LogP contribution in [0.1, 0.15) is 316 Å². The quantitative estimate of drug-likeness (QED) is 0.0261. The molecule has 6 heteroatoms. The van der Waals surface area contributed by atoms with Gasteiger partial charge in [0.05, 0.1) is 0 Å². The molecule has 0 saturated heterocycles. The van der Waals surface area contributed by atoms with E-state index in [4.69, 9.17) is 14.2 Å². The molecule has 1 atom stereocenters. The van der Waals surface area contributed by atoms with Crippen LogP contribution in [0.25, 0.3) is 0 Å². The lowest BCUT2D eigenvalue weighted by molar-refractivity contribution is -0.167. The number of rotatable bonds is 58. The maximum atomic E-state index is 12.9. The van der Waals surface area contributed by atoms with Crippen molar-refractivity contribution in [2.24, 2.45) is 0 Å². The Labute approximate surface area is 465 Å². The summed E-state index contributed by atoms with van der Waals surface area (Å²) in [5.74, 6) is -0.887. The number of hydrogen-bond acceptors (Lipinski definition) is 6. The van der Waals surface area contributed by atoms with Gasteiger partial charge in [0, 0.05) is 19.3 Å².